The average molecular weight is 482 g/mol. The van der Waals surface area contributed by atoms with Crippen LogP contribution >= 0.6 is 0 Å². The first-order valence-electron chi connectivity index (χ1n) is 13.5. The molecule has 0 bridgehead atoms. The second-order valence-electron chi connectivity index (χ2n) is 10.4. The van der Waals surface area contributed by atoms with Gasteiger partial charge in [0.2, 0.25) is 0 Å². The van der Waals surface area contributed by atoms with Crippen molar-refractivity contribution in [3.05, 3.63) is 132 Å². The fraction of sp³-hybridized carbons (Fsp3) is 0.200. The normalized spacial score (nSPS) is 19.9. The number of rotatable bonds is 6. The van der Waals surface area contributed by atoms with Gasteiger partial charge in [-0.05, 0) is 75.5 Å². The molecule has 182 valence electrons. The van der Waals surface area contributed by atoms with Crippen molar-refractivity contribution in [1.29, 1.82) is 0 Å². The molecule has 0 saturated carbocycles. The fourth-order valence-corrected chi connectivity index (χ4v) is 6.49. The smallest absolute Gasteiger partial charge is 0.142 e. The van der Waals surface area contributed by atoms with E-state index in [0.717, 1.165) is 30.7 Å². The number of nitrogens with one attached hydrogen (secondary N) is 1. The number of aryl methyl sites for hydroxylation is 1. The summed E-state index contributed by atoms with van der Waals surface area (Å²) in [5.74, 6) is 1.85. The zero-order valence-electron chi connectivity index (χ0n) is 20.9. The molecule has 5 aromatic rings. The van der Waals surface area contributed by atoms with Gasteiger partial charge in [-0.3, -0.25) is 0 Å². The summed E-state index contributed by atoms with van der Waals surface area (Å²) in [5, 5.41) is 9.32. The summed E-state index contributed by atoms with van der Waals surface area (Å²) in [6, 6.07) is 37.5. The van der Waals surface area contributed by atoms with Crippen LogP contribution in [0.5, 0.6) is 5.75 Å². The van der Waals surface area contributed by atoms with Gasteiger partial charge in [-0.15, -0.1) is 0 Å². The standard InChI is InChI=1S/C35H31NO/c1-2-11-24(12-3-1)13-10-22-37-32-21-9-20-30-29-18-8-19-31(29)35(36-34(30)32)33-27-16-6-4-14-25(27)23-26-15-5-7-17-28(26)33/h1-9,11-12,14-18,20-21,23,29,31,35-36H,10,13,19,22H2. The van der Waals surface area contributed by atoms with Gasteiger partial charge in [-0.25, -0.2) is 0 Å². The third-order valence-corrected chi connectivity index (χ3v) is 8.19. The van der Waals surface area contributed by atoms with E-state index in [1.165, 1.54) is 38.2 Å². The Kier molecular flexibility index (Phi) is 5.66. The molecular formula is C35H31NO. The molecule has 7 rings (SSSR count). The number of fused-ring (bicyclic) bond motifs is 5. The van der Waals surface area contributed by atoms with E-state index in [2.05, 4.69) is 121 Å². The number of allylic oxidation sites excluding steroid dienone is 2. The molecule has 0 amide bonds. The maximum Gasteiger partial charge on any atom is 0.142 e. The molecule has 1 aliphatic carbocycles. The molecule has 0 aromatic heterocycles. The quantitative estimate of drug-likeness (QED) is 0.149. The highest BCUT2D eigenvalue weighted by Gasteiger charge is 2.40. The SMILES string of the molecule is C1=CC2c3cccc(OCCCc4ccccc4)c3NC(c3c4ccccc4cc4ccccc34)C2C1. The Balaban J connectivity index is 1.26. The Hall–Kier alpha value is -4.04. The Morgan fingerprint density at radius 1 is 0.757 bits per heavy atom. The summed E-state index contributed by atoms with van der Waals surface area (Å²) in [4.78, 5) is 0. The highest BCUT2D eigenvalue weighted by Crippen LogP contribution is 2.54. The van der Waals surface area contributed by atoms with E-state index in [4.69, 9.17) is 4.74 Å². The minimum atomic E-state index is 0.206. The molecule has 0 saturated heterocycles. The van der Waals surface area contributed by atoms with Gasteiger partial charge in [-0.2, -0.15) is 0 Å². The van der Waals surface area contributed by atoms with Crippen molar-refractivity contribution >= 4 is 27.2 Å². The van der Waals surface area contributed by atoms with E-state index in [1.807, 2.05) is 0 Å². The molecule has 3 unspecified atom stereocenters. The lowest BCUT2D eigenvalue weighted by molar-refractivity contribution is 0.309. The van der Waals surface area contributed by atoms with Gasteiger partial charge in [0.15, 0.2) is 0 Å². The van der Waals surface area contributed by atoms with Gasteiger partial charge in [0, 0.05) is 5.92 Å². The van der Waals surface area contributed by atoms with E-state index in [-0.39, 0.29) is 6.04 Å². The van der Waals surface area contributed by atoms with Crippen molar-refractivity contribution in [1.82, 2.24) is 0 Å². The van der Waals surface area contributed by atoms with E-state index >= 15 is 0 Å². The molecule has 2 heteroatoms. The van der Waals surface area contributed by atoms with Gasteiger partial charge in [0.1, 0.15) is 5.75 Å². The van der Waals surface area contributed by atoms with Gasteiger partial charge in [-0.1, -0.05) is 103 Å². The van der Waals surface area contributed by atoms with E-state index in [9.17, 15) is 0 Å². The van der Waals surface area contributed by atoms with Crippen LogP contribution in [0.2, 0.25) is 0 Å². The highest BCUT2D eigenvalue weighted by atomic mass is 16.5. The van der Waals surface area contributed by atoms with Gasteiger partial charge < -0.3 is 10.1 Å². The first kappa shape index (κ1) is 22.2. The van der Waals surface area contributed by atoms with Crippen LogP contribution in [0.15, 0.2) is 115 Å². The van der Waals surface area contributed by atoms with Crippen molar-refractivity contribution in [2.45, 2.75) is 31.2 Å². The molecule has 1 N–H and O–H groups in total. The highest BCUT2D eigenvalue weighted by molar-refractivity contribution is 6.03. The number of hydrogen-bond donors (Lipinski definition) is 1. The number of hydrogen-bond acceptors (Lipinski definition) is 2. The molecule has 0 radical (unpaired) electrons. The van der Waals surface area contributed by atoms with Crippen LogP contribution in [-0.2, 0) is 6.42 Å². The van der Waals surface area contributed by atoms with Crippen molar-refractivity contribution in [2.24, 2.45) is 5.92 Å². The first-order valence-corrected chi connectivity index (χ1v) is 13.5. The van der Waals surface area contributed by atoms with Crippen LogP contribution in [0.4, 0.5) is 5.69 Å². The molecule has 1 aliphatic heterocycles. The summed E-state index contributed by atoms with van der Waals surface area (Å²) < 4.78 is 6.45. The lowest BCUT2D eigenvalue weighted by atomic mass is 9.75. The lowest BCUT2D eigenvalue weighted by Crippen LogP contribution is -2.29. The average Bonchev–Trinajstić information content (AvgIpc) is 3.45. The van der Waals surface area contributed by atoms with Gasteiger partial charge in [0.25, 0.3) is 0 Å². The zero-order chi connectivity index (χ0) is 24.6. The number of benzene rings is 5. The van der Waals surface area contributed by atoms with Gasteiger partial charge in [0.05, 0.1) is 18.3 Å². The van der Waals surface area contributed by atoms with E-state index < -0.39 is 0 Å². The molecule has 2 aliphatic rings. The predicted octanol–water partition coefficient (Wildman–Crippen LogP) is 8.83. The van der Waals surface area contributed by atoms with Crippen LogP contribution in [0.1, 0.15) is 41.5 Å². The summed E-state index contributed by atoms with van der Waals surface area (Å²) in [7, 11) is 0. The third kappa shape index (κ3) is 3.97. The van der Waals surface area contributed by atoms with E-state index in [1.54, 1.807) is 0 Å². The maximum atomic E-state index is 6.45. The molecule has 2 nitrogen and oxygen atoms in total. The molecule has 1 heterocycles. The first-order chi connectivity index (χ1) is 18.4. The topological polar surface area (TPSA) is 21.3 Å². The molecule has 37 heavy (non-hydrogen) atoms. The van der Waals surface area contributed by atoms with Crippen molar-refractivity contribution in [3.8, 4) is 5.75 Å². The minimum absolute atomic E-state index is 0.206. The minimum Gasteiger partial charge on any atom is -0.491 e. The summed E-state index contributed by atoms with van der Waals surface area (Å²) in [6.45, 7) is 0.707. The molecule has 5 aromatic carbocycles. The largest absolute Gasteiger partial charge is 0.491 e. The second kappa shape index (κ2) is 9.44. The van der Waals surface area contributed by atoms with Crippen LogP contribution in [0.25, 0.3) is 21.5 Å². The Labute approximate surface area is 218 Å². The number of para-hydroxylation sites is 1. The van der Waals surface area contributed by atoms with Gasteiger partial charge >= 0.3 is 0 Å². The van der Waals surface area contributed by atoms with Crippen molar-refractivity contribution in [2.75, 3.05) is 11.9 Å². The maximum absolute atomic E-state index is 6.45. The van der Waals surface area contributed by atoms with Crippen molar-refractivity contribution in [3.63, 3.8) is 0 Å². The second-order valence-corrected chi connectivity index (χ2v) is 10.4. The Morgan fingerprint density at radius 2 is 1.49 bits per heavy atom. The molecular weight excluding hydrogens is 450 g/mol. The number of anilines is 1. The van der Waals surface area contributed by atoms with Crippen LogP contribution in [0.3, 0.4) is 0 Å². The number of ether oxygens (including phenoxy) is 1. The Morgan fingerprint density at radius 3 is 2.27 bits per heavy atom. The van der Waals surface area contributed by atoms with Crippen LogP contribution < -0.4 is 10.1 Å². The summed E-state index contributed by atoms with van der Waals surface area (Å²) >= 11 is 0. The monoisotopic (exact) mass is 481 g/mol. The molecule has 0 spiro atoms. The summed E-state index contributed by atoms with van der Waals surface area (Å²) in [5.41, 5.74) is 5.30. The van der Waals surface area contributed by atoms with E-state index in [0.29, 0.717) is 18.4 Å². The zero-order valence-corrected chi connectivity index (χ0v) is 20.9. The lowest BCUT2D eigenvalue weighted by Gasteiger charge is -2.39. The van der Waals surface area contributed by atoms with Crippen molar-refractivity contribution < 1.29 is 4.74 Å². The summed E-state index contributed by atoms with van der Waals surface area (Å²) in [6.07, 6.45) is 7.91. The predicted molar refractivity (Wildman–Crippen MR) is 155 cm³/mol. The van der Waals surface area contributed by atoms with Crippen LogP contribution in [0, 0.1) is 5.92 Å². The van der Waals surface area contributed by atoms with Crippen LogP contribution in [-0.4, -0.2) is 6.61 Å². The third-order valence-electron chi connectivity index (χ3n) is 8.19. The Bertz CT molecular complexity index is 1550. The fourth-order valence-electron chi connectivity index (χ4n) is 6.49. The molecule has 0 fully saturated rings. The molecule has 3 atom stereocenters.